The van der Waals surface area contributed by atoms with Gasteiger partial charge in [-0.3, -0.25) is 0 Å². The van der Waals surface area contributed by atoms with Crippen molar-refractivity contribution >= 4 is 22.0 Å². The lowest BCUT2D eigenvalue weighted by Gasteiger charge is -1.96. The molecular weight excluding hydrogens is 216 g/mol. The highest BCUT2D eigenvalue weighted by molar-refractivity contribution is 9.09. The third kappa shape index (κ3) is 2.74. The Kier molecular flexibility index (Phi) is 3.41. The molecule has 0 aliphatic rings. The number of nitrogens with zero attached hydrogens (tertiary/aromatic N) is 2. The third-order valence-electron chi connectivity index (χ3n) is 1.40. The molecule has 2 nitrogen and oxygen atoms in total. The summed E-state index contributed by atoms with van der Waals surface area (Å²) < 4.78 is 0. The molecule has 0 N–H and O–H groups in total. The number of rotatable bonds is 2. The standard InChI is InChI=1S/C9H11BrN2/c1-7(6-10)5-9-3-4-11-8(2)12-9/h3-5H,6H2,1-2H3/b7-5-. The SMILES string of the molecule is C/C(=C/c1ccnc(C)n1)CBr. The van der Waals surface area contributed by atoms with Crippen molar-refractivity contribution in [3.05, 3.63) is 29.4 Å². The molecule has 0 radical (unpaired) electrons. The van der Waals surface area contributed by atoms with Gasteiger partial charge in [0, 0.05) is 11.5 Å². The van der Waals surface area contributed by atoms with E-state index in [4.69, 9.17) is 0 Å². The number of halogens is 1. The van der Waals surface area contributed by atoms with Crippen LogP contribution in [0.3, 0.4) is 0 Å². The van der Waals surface area contributed by atoms with Gasteiger partial charge in [0.05, 0.1) is 5.69 Å². The minimum Gasteiger partial charge on any atom is -0.242 e. The zero-order valence-corrected chi connectivity index (χ0v) is 8.80. The molecule has 0 aliphatic carbocycles. The van der Waals surface area contributed by atoms with Crippen molar-refractivity contribution in [2.75, 3.05) is 5.33 Å². The summed E-state index contributed by atoms with van der Waals surface area (Å²) in [5.41, 5.74) is 2.23. The molecule has 1 rings (SSSR count). The minimum atomic E-state index is 0.811. The lowest BCUT2D eigenvalue weighted by molar-refractivity contribution is 1.04. The van der Waals surface area contributed by atoms with E-state index < -0.39 is 0 Å². The van der Waals surface area contributed by atoms with Gasteiger partial charge >= 0.3 is 0 Å². The highest BCUT2D eigenvalue weighted by Gasteiger charge is 1.91. The van der Waals surface area contributed by atoms with Crippen LogP contribution in [-0.4, -0.2) is 15.3 Å². The van der Waals surface area contributed by atoms with Gasteiger partial charge in [0.15, 0.2) is 0 Å². The molecule has 0 amide bonds. The maximum atomic E-state index is 4.25. The van der Waals surface area contributed by atoms with E-state index in [2.05, 4.69) is 32.8 Å². The molecule has 0 unspecified atom stereocenters. The highest BCUT2D eigenvalue weighted by atomic mass is 79.9. The fourth-order valence-corrected chi connectivity index (χ4v) is 1.01. The molecule has 64 valence electrons. The molecule has 0 atom stereocenters. The van der Waals surface area contributed by atoms with Crippen LogP contribution < -0.4 is 0 Å². The average Bonchev–Trinajstić information content (AvgIpc) is 2.04. The van der Waals surface area contributed by atoms with E-state index in [1.54, 1.807) is 6.20 Å². The van der Waals surface area contributed by atoms with Gasteiger partial charge in [0.25, 0.3) is 0 Å². The summed E-state index contributed by atoms with van der Waals surface area (Å²) in [5, 5.41) is 0.885. The Labute approximate surface area is 80.9 Å². The molecule has 0 fully saturated rings. The number of aromatic nitrogens is 2. The first-order chi connectivity index (χ1) is 5.72. The van der Waals surface area contributed by atoms with Gasteiger partial charge in [0.1, 0.15) is 5.82 Å². The predicted octanol–water partition coefficient (Wildman–Crippen LogP) is 2.58. The minimum absolute atomic E-state index is 0.811. The quantitative estimate of drug-likeness (QED) is 0.725. The van der Waals surface area contributed by atoms with E-state index in [0.29, 0.717) is 0 Å². The summed E-state index contributed by atoms with van der Waals surface area (Å²) in [4.78, 5) is 8.27. The third-order valence-corrected chi connectivity index (χ3v) is 2.29. The van der Waals surface area contributed by atoms with E-state index in [9.17, 15) is 0 Å². The van der Waals surface area contributed by atoms with Crippen LogP contribution in [0.1, 0.15) is 18.4 Å². The summed E-state index contributed by atoms with van der Waals surface area (Å²) in [6.07, 6.45) is 3.82. The number of hydrogen-bond acceptors (Lipinski definition) is 2. The first-order valence-corrected chi connectivity index (χ1v) is 4.87. The Morgan fingerprint density at radius 2 is 2.42 bits per heavy atom. The summed E-state index contributed by atoms with van der Waals surface area (Å²) >= 11 is 3.38. The van der Waals surface area contributed by atoms with E-state index in [1.165, 1.54) is 5.57 Å². The molecule has 0 spiro atoms. The summed E-state index contributed by atoms with van der Waals surface area (Å²) in [6, 6.07) is 1.90. The van der Waals surface area contributed by atoms with Crippen LogP contribution in [-0.2, 0) is 0 Å². The zero-order chi connectivity index (χ0) is 8.97. The summed E-state index contributed by atoms with van der Waals surface area (Å²) in [6.45, 7) is 3.95. The van der Waals surface area contributed by atoms with Gasteiger partial charge in [-0.05, 0) is 26.0 Å². The second-order valence-electron chi connectivity index (χ2n) is 2.65. The van der Waals surface area contributed by atoms with Gasteiger partial charge in [0.2, 0.25) is 0 Å². The van der Waals surface area contributed by atoms with E-state index in [1.807, 2.05) is 19.1 Å². The molecule has 1 aromatic rings. The molecule has 0 saturated heterocycles. The summed E-state index contributed by atoms with van der Waals surface area (Å²) in [5.74, 6) is 0.811. The predicted molar refractivity (Wildman–Crippen MR) is 54.2 cm³/mol. The smallest absolute Gasteiger partial charge is 0.125 e. The van der Waals surface area contributed by atoms with Crippen LogP contribution in [0, 0.1) is 6.92 Å². The van der Waals surface area contributed by atoms with Crippen LogP contribution >= 0.6 is 15.9 Å². The molecule has 0 bridgehead atoms. The van der Waals surface area contributed by atoms with Crippen LogP contribution in [0.2, 0.25) is 0 Å². The van der Waals surface area contributed by atoms with Crippen LogP contribution in [0.4, 0.5) is 0 Å². The molecule has 0 saturated carbocycles. The van der Waals surface area contributed by atoms with Crippen molar-refractivity contribution in [1.29, 1.82) is 0 Å². The van der Waals surface area contributed by atoms with Crippen molar-refractivity contribution in [3.63, 3.8) is 0 Å². The van der Waals surface area contributed by atoms with Crippen molar-refractivity contribution in [1.82, 2.24) is 9.97 Å². The van der Waals surface area contributed by atoms with E-state index in [0.717, 1.165) is 16.8 Å². The highest BCUT2D eigenvalue weighted by Crippen LogP contribution is 2.05. The first kappa shape index (κ1) is 9.39. The molecular formula is C9H11BrN2. The van der Waals surface area contributed by atoms with Crippen LogP contribution in [0.25, 0.3) is 6.08 Å². The Bertz CT molecular complexity index is 294. The van der Waals surface area contributed by atoms with E-state index in [-0.39, 0.29) is 0 Å². The lowest BCUT2D eigenvalue weighted by Crippen LogP contribution is -1.89. The maximum absolute atomic E-state index is 4.25. The monoisotopic (exact) mass is 226 g/mol. The molecule has 0 aliphatic heterocycles. The molecule has 1 aromatic heterocycles. The van der Waals surface area contributed by atoms with Crippen LogP contribution in [0.15, 0.2) is 17.8 Å². The van der Waals surface area contributed by atoms with Gasteiger partial charge in [-0.25, -0.2) is 9.97 Å². The fourth-order valence-electron chi connectivity index (χ4n) is 0.846. The second kappa shape index (κ2) is 4.36. The molecule has 0 aromatic carbocycles. The van der Waals surface area contributed by atoms with Crippen LogP contribution in [0.5, 0.6) is 0 Å². The average molecular weight is 227 g/mol. The van der Waals surface area contributed by atoms with Crippen molar-refractivity contribution < 1.29 is 0 Å². The van der Waals surface area contributed by atoms with Gasteiger partial charge in [-0.2, -0.15) is 0 Å². The van der Waals surface area contributed by atoms with Gasteiger partial charge in [-0.1, -0.05) is 21.5 Å². The zero-order valence-electron chi connectivity index (χ0n) is 7.21. The lowest BCUT2D eigenvalue weighted by atomic mass is 10.2. The molecule has 1 heterocycles. The Hall–Kier alpha value is -0.700. The number of aryl methyl sites for hydroxylation is 1. The largest absolute Gasteiger partial charge is 0.242 e. The molecule has 12 heavy (non-hydrogen) atoms. The van der Waals surface area contributed by atoms with Crippen molar-refractivity contribution in [3.8, 4) is 0 Å². The Balaban J connectivity index is 2.89. The van der Waals surface area contributed by atoms with E-state index >= 15 is 0 Å². The first-order valence-electron chi connectivity index (χ1n) is 3.75. The van der Waals surface area contributed by atoms with Crippen molar-refractivity contribution in [2.24, 2.45) is 0 Å². The normalized spacial score (nSPS) is 11.8. The maximum Gasteiger partial charge on any atom is 0.125 e. The Morgan fingerprint density at radius 1 is 1.67 bits per heavy atom. The summed E-state index contributed by atoms with van der Waals surface area (Å²) in [7, 11) is 0. The van der Waals surface area contributed by atoms with Crippen molar-refractivity contribution in [2.45, 2.75) is 13.8 Å². The molecule has 3 heteroatoms. The van der Waals surface area contributed by atoms with Gasteiger partial charge in [-0.15, -0.1) is 0 Å². The fraction of sp³-hybridized carbons (Fsp3) is 0.333. The number of hydrogen-bond donors (Lipinski definition) is 0. The topological polar surface area (TPSA) is 25.8 Å². The van der Waals surface area contributed by atoms with Gasteiger partial charge < -0.3 is 0 Å². The number of alkyl halides is 1. The number of allylic oxidation sites excluding steroid dienone is 1. The Morgan fingerprint density at radius 3 is 3.00 bits per heavy atom. The second-order valence-corrected chi connectivity index (χ2v) is 3.21.